The molecule has 0 unspecified atom stereocenters. The molecule has 0 radical (unpaired) electrons. The summed E-state index contributed by atoms with van der Waals surface area (Å²) in [6, 6.07) is 11.5. The SMILES string of the molecule is CCc1ccc(O)c(C(=O)NCc2ccc(C(=O)NCC(N)=O)cc2)c1. The number of carbonyl (C=O) groups is 3. The molecular weight excluding hydrogens is 334 g/mol. The Morgan fingerprint density at radius 3 is 2.23 bits per heavy atom. The van der Waals surface area contributed by atoms with Gasteiger partial charge in [-0.1, -0.05) is 25.1 Å². The maximum atomic E-state index is 12.3. The molecule has 0 fully saturated rings. The fourth-order valence-corrected chi connectivity index (χ4v) is 2.31. The van der Waals surface area contributed by atoms with Crippen LogP contribution in [-0.2, 0) is 17.8 Å². The van der Waals surface area contributed by atoms with Gasteiger partial charge in [-0.2, -0.15) is 0 Å². The fourth-order valence-electron chi connectivity index (χ4n) is 2.31. The molecule has 0 atom stereocenters. The molecule has 26 heavy (non-hydrogen) atoms. The zero-order valence-electron chi connectivity index (χ0n) is 14.4. The van der Waals surface area contributed by atoms with Gasteiger partial charge in [0.15, 0.2) is 0 Å². The Labute approximate surface area is 151 Å². The summed E-state index contributed by atoms with van der Waals surface area (Å²) < 4.78 is 0. The van der Waals surface area contributed by atoms with Gasteiger partial charge in [0.2, 0.25) is 5.91 Å². The topological polar surface area (TPSA) is 122 Å². The van der Waals surface area contributed by atoms with Crippen LogP contribution in [0.1, 0.15) is 38.8 Å². The smallest absolute Gasteiger partial charge is 0.255 e. The predicted octanol–water partition coefficient (Wildman–Crippen LogP) is 1.10. The number of aromatic hydroxyl groups is 1. The molecule has 0 aromatic heterocycles. The molecule has 0 heterocycles. The van der Waals surface area contributed by atoms with Crippen LogP contribution in [0, 0.1) is 0 Å². The summed E-state index contributed by atoms with van der Waals surface area (Å²) in [5.74, 6) is -1.46. The Balaban J connectivity index is 1.96. The minimum atomic E-state index is -0.618. The van der Waals surface area contributed by atoms with Crippen molar-refractivity contribution in [2.75, 3.05) is 6.54 Å². The number of rotatable bonds is 7. The van der Waals surface area contributed by atoms with Crippen LogP contribution in [0.15, 0.2) is 42.5 Å². The van der Waals surface area contributed by atoms with Crippen molar-refractivity contribution < 1.29 is 19.5 Å². The summed E-state index contributed by atoms with van der Waals surface area (Å²) in [5, 5.41) is 15.0. The average Bonchev–Trinajstić information content (AvgIpc) is 2.65. The number of phenolic OH excluding ortho intramolecular Hbond substituents is 1. The molecule has 0 aliphatic rings. The van der Waals surface area contributed by atoms with Crippen molar-refractivity contribution in [3.63, 3.8) is 0 Å². The van der Waals surface area contributed by atoms with Gasteiger partial charge >= 0.3 is 0 Å². The van der Waals surface area contributed by atoms with Crippen LogP contribution in [0.4, 0.5) is 0 Å². The minimum Gasteiger partial charge on any atom is -0.507 e. The molecule has 0 saturated carbocycles. The molecule has 3 amide bonds. The number of hydrogen-bond donors (Lipinski definition) is 4. The third kappa shape index (κ3) is 5.07. The summed E-state index contributed by atoms with van der Waals surface area (Å²) in [4.78, 5) is 34.7. The molecule has 0 aliphatic heterocycles. The standard InChI is InChI=1S/C19H21N3O4/c1-2-12-5-8-16(23)15(9-12)19(26)21-10-13-3-6-14(7-4-13)18(25)22-11-17(20)24/h3-9,23H,2,10-11H2,1H3,(H2,20,24)(H,21,26)(H,22,25). The van der Waals surface area contributed by atoms with E-state index in [1.807, 2.05) is 6.92 Å². The minimum absolute atomic E-state index is 0.0684. The molecule has 0 spiro atoms. The summed E-state index contributed by atoms with van der Waals surface area (Å²) >= 11 is 0. The highest BCUT2D eigenvalue weighted by molar-refractivity contribution is 5.97. The van der Waals surface area contributed by atoms with E-state index in [1.54, 1.807) is 36.4 Å². The van der Waals surface area contributed by atoms with Gasteiger partial charge in [0.05, 0.1) is 12.1 Å². The van der Waals surface area contributed by atoms with E-state index in [-0.39, 0.29) is 30.3 Å². The van der Waals surface area contributed by atoms with Crippen molar-refractivity contribution in [1.82, 2.24) is 10.6 Å². The van der Waals surface area contributed by atoms with Crippen molar-refractivity contribution in [1.29, 1.82) is 0 Å². The molecule has 7 nitrogen and oxygen atoms in total. The van der Waals surface area contributed by atoms with Crippen LogP contribution >= 0.6 is 0 Å². The number of phenols is 1. The number of amides is 3. The Hall–Kier alpha value is -3.35. The number of benzene rings is 2. The first-order chi connectivity index (χ1) is 12.4. The first-order valence-electron chi connectivity index (χ1n) is 8.16. The van der Waals surface area contributed by atoms with Gasteiger partial charge in [0, 0.05) is 12.1 Å². The number of nitrogens with two attached hydrogens (primary N) is 1. The second-order valence-corrected chi connectivity index (χ2v) is 5.73. The van der Waals surface area contributed by atoms with Gasteiger partial charge in [0.25, 0.3) is 11.8 Å². The lowest BCUT2D eigenvalue weighted by atomic mass is 10.1. The Bertz CT molecular complexity index is 816. The zero-order chi connectivity index (χ0) is 19.1. The van der Waals surface area contributed by atoms with Gasteiger partial charge in [-0.25, -0.2) is 0 Å². The van der Waals surface area contributed by atoms with Crippen molar-refractivity contribution in [2.45, 2.75) is 19.9 Å². The zero-order valence-corrected chi connectivity index (χ0v) is 14.4. The first-order valence-corrected chi connectivity index (χ1v) is 8.16. The molecule has 2 aromatic rings. The van der Waals surface area contributed by atoms with E-state index in [4.69, 9.17) is 5.73 Å². The number of primary amides is 1. The number of hydrogen-bond acceptors (Lipinski definition) is 4. The maximum absolute atomic E-state index is 12.3. The van der Waals surface area contributed by atoms with Crippen molar-refractivity contribution in [3.8, 4) is 5.75 Å². The molecule has 0 aliphatic carbocycles. The Morgan fingerprint density at radius 1 is 0.962 bits per heavy atom. The van der Waals surface area contributed by atoms with E-state index in [1.165, 1.54) is 6.07 Å². The number of aryl methyl sites for hydroxylation is 1. The monoisotopic (exact) mass is 355 g/mol. The molecule has 0 saturated heterocycles. The van der Waals surface area contributed by atoms with Gasteiger partial charge in [-0.15, -0.1) is 0 Å². The number of nitrogens with one attached hydrogen (secondary N) is 2. The van der Waals surface area contributed by atoms with E-state index in [2.05, 4.69) is 10.6 Å². The summed E-state index contributed by atoms with van der Waals surface area (Å²) in [7, 11) is 0. The predicted molar refractivity (Wildman–Crippen MR) is 96.6 cm³/mol. The average molecular weight is 355 g/mol. The third-order valence-corrected chi connectivity index (χ3v) is 3.81. The second-order valence-electron chi connectivity index (χ2n) is 5.73. The highest BCUT2D eigenvalue weighted by Gasteiger charge is 2.12. The van der Waals surface area contributed by atoms with Crippen LogP contribution in [0.3, 0.4) is 0 Å². The molecule has 2 aromatic carbocycles. The molecule has 2 rings (SSSR count). The van der Waals surface area contributed by atoms with Crippen LogP contribution in [-0.4, -0.2) is 29.4 Å². The van der Waals surface area contributed by atoms with E-state index in [0.29, 0.717) is 5.56 Å². The van der Waals surface area contributed by atoms with E-state index >= 15 is 0 Å². The quantitative estimate of drug-likeness (QED) is 0.594. The van der Waals surface area contributed by atoms with Crippen LogP contribution < -0.4 is 16.4 Å². The van der Waals surface area contributed by atoms with E-state index in [9.17, 15) is 19.5 Å². The lowest BCUT2D eigenvalue weighted by Gasteiger charge is -2.09. The van der Waals surface area contributed by atoms with Gasteiger partial charge in [-0.05, 0) is 41.8 Å². The molecule has 5 N–H and O–H groups in total. The van der Waals surface area contributed by atoms with E-state index in [0.717, 1.165) is 17.5 Å². The lowest BCUT2D eigenvalue weighted by Crippen LogP contribution is -2.33. The second kappa shape index (κ2) is 8.66. The lowest BCUT2D eigenvalue weighted by molar-refractivity contribution is -0.117. The Kier molecular flexibility index (Phi) is 6.32. The van der Waals surface area contributed by atoms with Crippen molar-refractivity contribution in [2.24, 2.45) is 5.73 Å². The fraction of sp³-hybridized carbons (Fsp3) is 0.211. The molecule has 0 bridgehead atoms. The Morgan fingerprint density at radius 2 is 1.62 bits per heavy atom. The molecule has 7 heteroatoms. The summed E-state index contributed by atoms with van der Waals surface area (Å²) in [6.45, 7) is 1.99. The van der Waals surface area contributed by atoms with Crippen LogP contribution in [0.2, 0.25) is 0 Å². The number of carbonyl (C=O) groups excluding carboxylic acids is 3. The van der Waals surface area contributed by atoms with Crippen LogP contribution in [0.5, 0.6) is 5.75 Å². The largest absolute Gasteiger partial charge is 0.507 e. The van der Waals surface area contributed by atoms with Crippen LogP contribution in [0.25, 0.3) is 0 Å². The van der Waals surface area contributed by atoms with E-state index < -0.39 is 11.8 Å². The summed E-state index contributed by atoms with van der Waals surface area (Å²) in [5.41, 5.74) is 7.33. The maximum Gasteiger partial charge on any atom is 0.255 e. The van der Waals surface area contributed by atoms with Gasteiger partial charge < -0.3 is 21.5 Å². The molecular formula is C19H21N3O4. The molecule has 136 valence electrons. The normalized spacial score (nSPS) is 10.2. The highest BCUT2D eigenvalue weighted by Crippen LogP contribution is 2.19. The van der Waals surface area contributed by atoms with Crippen molar-refractivity contribution >= 4 is 17.7 Å². The third-order valence-electron chi connectivity index (χ3n) is 3.81. The highest BCUT2D eigenvalue weighted by atomic mass is 16.3. The van der Waals surface area contributed by atoms with Crippen molar-refractivity contribution in [3.05, 3.63) is 64.7 Å². The van der Waals surface area contributed by atoms with Gasteiger partial charge in [0.1, 0.15) is 5.75 Å². The summed E-state index contributed by atoms with van der Waals surface area (Å²) in [6.07, 6.45) is 0.764. The first kappa shape index (κ1) is 19.0. The van der Waals surface area contributed by atoms with Gasteiger partial charge in [-0.3, -0.25) is 14.4 Å².